The zero-order valence-electron chi connectivity index (χ0n) is 13.1. The van der Waals surface area contributed by atoms with E-state index in [1.807, 2.05) is 10.7 Å². The fourth-order valence-corrected chi connectivity index (χ4v) is 2.91. The Morgan fingerprint density at radius 3 is 2.33 bits per heavy atom. The molecular weight excluding hydrogens is 425 g/mol. The molecule has 0 saturated heterocycles. The lowest BCUT2D eigenvalue weighted by atomic mass is 9.95. The van der Waals surface area contributed by atoms with Crippen molar-refractivity contribution < 1.29 is 31.1 Å². The molecule has 1 atom stereocenters. The molecule has 1 heterocycles. The highest BCUT2D eigenvalue weighted by Crippen LogP contribution is 2.44. The van der Waals surface area contributed by atoms with Gasteiger partial charge < -0.3 is 5.32 Å². The fourth-order valence-electron chi connectivity index (χ4n) is 2.25. The minimum Gasteiger partial charge on any atom is -0.321 e. The Labute approximate surface area is 157 Å². The summed E-state index contributed by atoms with van der Waals surface area (Å²) in [6.07, 6.45) is -10.7. The predicted molar refractivity (Wildman–Crippen MR) is 84.5 cm³/mol. The van der Waals surface area contributed by atoms with Gasteiger partial charge in [-0.05, 0) is 13.0 Å². The van der Waals surface area contributed by atoms with Gasteiger partial charge in [0.15, 0.2) is 0 Å². The molecule has 1 aromatic rings. The summed E-state index contributed by atoms with van der Waals surface area (Å²) in [5, 5.41) is 12.3. The van der Waals surface area contributed by atoms with Crippen LogP contribution in [0.2, 0.25) is 10.0 Å². The lowest BCUT2D eigenvalue weighted by Crippen LogP contribution is -2.48. The van der Waals surface area contributed by atoms with Crippen molar-refractivity contribution in [1.29, 1.82) is 5.26 Å². The largest absolute Gasteiger partial charge is 0.431 e. The van der Waals surface area contributed by atoms with Crippen LogP contribution >= 0.6 is 23.2 Å². The predicted octanol–water partition coefficient (Wildman–Crippen LogP) is 4.49. The standard InChI is InChI=1S/C14H8Cl2F6N4O/c1-12(3-7(25-26-12)13(17,18)19)11(27)24-10-6(15)2-5(4-23)8(9(10)16)14(20,21)22/h2,26H,3H2,1H3,(H,24,27). The molecular formula is C14H8Cl2F6N4O. The number of benzene rings is 1. The van der Waals surface area contributed by atoms with Gasteiger partial charge in [0.2, 0.25) is 0 Å². The van der Waals surface area contributed by atoms with Crippen molar-refractivity contribution >= 4 is 40.5 Å². The van der Waals surface area contributed by atoms with Crippen LogP contribution in [0.15, 0.2) is 11.2 Å². The molecule has 0 fully saturated rings. The van der Waals surface area contributed by atoms with Crippen LogP contribution in [-0.4, -0.2) is 23.3 Å². The second kappa shape index (κ2) is 6.76. The Hall–Kier alpha value is -2.19. The number of anilines is 1. The summed E-state index contributed by atoms with van der Waals surface area (Å²) in [5.74, 6) is -1.15. The Bertz CT molecular complexity index is 874. The molecule has 2 rings (SSSR count). The van der Waals surface area contributed by atoms with E-state index in [1.54, 1.807) is 0 Å². The van der Waals surface area contributed by atoms with Crippen LogP contribution < -0.4 is 10.7 Å². The van der Waals surface area contributed by atoms with Crippen LogP contribution in [-0.2, 0) is 11.0 Å². The first-order chi connectivity index (χ1) is 12.2. The van der Waals surface area contributed by atoms with E-state index in [-0.39, 0.29) is 0 Å². The molecule has 0 radical (unpaired) electrons. The summed E-state index contributed by atoms with van der Waals surface area (Å²) in [7, 11) is 0. The Morgan fingerprint density at radius 2 is 1.89 bits per heavy atom. The van der Waals surface area contributed by atoms with E-state index in [1.165, 1.54) is 6.07 Å². The van der Waals surface area contributed by atoms with Crippen LogP contribution in [0, 0.1) is 11.3 Å². The molecule has 1 aliphatic heterocycles. The summed E-state index contributed by atoms with van der Waals surface area (Å²) in [6.45, 7) is 1.07. The average molecular weight is 433 g/mol. The van der Waals surface area contributed by atoms with Gasteiger partial charge in [0.25, 0.3) is 5.91 Å². The van der Waals surface area contributed by atoms with Gasteiger partial charge in [-0.1, -0.05) is 23.2 Å². The number of hydrogen-bond acceptors (Lipinski definition) is 4. The van der Waals surface area contributed by atoms with Gasteiger partial charge in [0.05, 0.1) is 32.9 Å². The van der Waals surface area contributed by atoms with Crippen LogP contribution in [0.1, 0.15) is 24.5 Å². The number of nitrogens with zero attached hydrogens (tertiary/aromatic N) is 2. The van der Waals surface area contributed by atoms with Crippen molar-refractivity contribution in [3.05, 3.63) is 27.2 Å². The molecule has 27 heavy (non-hydrogen) atoms. The first kappa shape index (κ1) is 21.1. The molecule has 1 aliphatic rings. The van der Waals surface area contributed by atoms with Crippen molar-refractivity contribution in [3.63, 3.8) is 0 Å². The van der Waals surface area contributed by atoms with Crippen molar-refractivity contribution in [2.24, 2.45) is 5.10 Å². The molecule has 13 heteroatoms. The fraction of sp³-hybridized carbons (Fsp3) is 0.357. The first-order valence-electron chi connectivity index (χ1n) is 6.92. The summed E-state index contributed by atoms with van der Waals surface area (Å²) in [5.41, 5.74) is -4.22. The van der Waals surface area contributed by atoms with Gasteiger partial charge in [-0.15, -0.1) is 0 Å². The summed E-state index contributed by atoms with van der Waals surface area (Å²) in [6, 6.07) is 1.94. The van der Waals surface area contributed by atoms with E-state index in [9.17, 15) is 31.1 Å². The number of rotatable bonds is 2. The molecule has 1 unspecified atom stereocenters. The van der Waals surface area contributed by atoms with Crippen molar-refractivity contribution in [3.8, 4) is 6.07 Å². The van der Waals surface area contributed by atoms with Crippen LogP contribution in [0.3, 0.4) is 0 Å². The summed E-state index contributed by atoms with van der Waals surface area (Å²) >= 11 is 11.5. The molecule has 1 aromatic carbocycles. The first-order valence-corrected chi connectivity index (χ1v) is 7.68. The highest BCUT2D eigenvalue weighted by molar-refractivity contribution is 6.40. The molecule has 0 bridgehead atoms. The minimum atomic E-state index is -5.03. The Kier molecular flexibility index (Phi) is 5.29. The highest BCUT2D eigenvalue weighted by atomic mass is 35.5. The molecule has 5 nitrogen and oxygen atoms in total. The van der Waals surface area contributed by atoms with E-state index >= 15 is 0 Å². The van der Waals surface area contributed by atoms with Crippen LogP contribution in [0.4, 0.5) is 32.0 Å². The number of carbonyl (C=O) groups excluding carboxylic acids is 1. The van der Waals surface area contributed by atoms with E-state index in [0.717, 1.165) is 6.92 Å². The third kappa shape index (κ3) is 4.06. The maximum Gasteiger partial charge on any atom is 0.431 e. The number of alkyl halides is 6. The zero-order chi connectivity index (χ0) is 20.8. The second-order valence-electron chi connectivity index (χ2n) is 5.71. The maximum absolute atomic E-state index is 13.2. The molecule has 0 saturated carbocycles. The SMILES string of the molecule is CC1(C(=O)Nc2c(Cl)cc(C#N)c(C(F)(F)F)c2Cl)CC(C(F)(F)F)=NN1. The van der Waals surface area contributed by atoms with Gasteiger partial charge in [-0.25, -0.2) is 0 Å². The maximum atomic E-state index is 13.2. The van der Waals surface area contributed by atoms with Crippen molar-refractivity contribution in [2.45, 2.75) is 31.2 Å². The van der Waals surface area contributed by atoms with E-state index in [4.69, 9.17) is 28.5 Å². The lowest BCUT2D eigenvalue weighted by molar-refractivity contribution is -0.137. The second-order valence-corrected chi connectivity index (χ2v) is 6.50. The van der Waals surface area contributed by atoms with Crippen LogP contribution in [0.25, 0.3) is 0 Å². The number of amides is 1. The quantitative estimate of drug-likeness (QED) is 0.675. The number of nitriles is 1. The van der Waals surface area contributed by atoms with E-state index in [2.05, 4.69) is 5.10 Å². The number of carbonyl (C=O) groups is 1. The molecule has 0 spiro atoms. The zero-order valence-corrected chi connectivity index (χ0v) is 14.6. The van der Waals surface area contributed by atoms with Crippen LogP contribution in [0.5, 0.6) is 0 Å². The Morgan fingerprint density at radius 1 is 1.30 bits per heavy atom. The molecule has 146 valence electrons. The smallest absolute Gasteiger partial charge is 0.321 e. The Balaban J connectivity index is 2.39. The van der Waals surface area contributed by atoms with Crippen molar-refractivity contribution in [1.82, 2.24) is 5.43 Å². The van der Waals surface area contributed by atoms with Gasteiger partial charge in [0.1, 0.15) is 11.3 Å². The molecule has 0 aromatic heterocycles. The number of halogens is 8. The van der Waals surface area contributed by atoms with Gasteiger partial charge >= 0.3 is 12.4 Å². The minimum absolute atomic E-state index is 0.489. The molecule has 2 N–H and O–H groups in total. The number of nitrogens with one attached hydrogen (secondary N) is 2. The van der Waals surface area contributed by atoms with E-state index in [0.29, 0.717) is 6.07 Å². The van der Waals surface area contributed by atoms with Gasteiger partial charge in [-0.3, -0.25) is 10.2 Å². The summed E-state index contributed by atoms with van der Waals surface area (Å²) in [4.78, 5) is 12.4. The number of hydrazone groups is 1. The van der Waals surface area contributed by atoms with Crippen molar-refractivity contribution in [2.75, 3.05) is 5.32 Å². The molecule has 0 aliphatic carbocycles. The highest BCUT2D eigenvalue weighted by Gasteiger charge is 2.48. The third-order valence-electron chi connectivity index (χ3n) is 3.65. The number of hydrogen-bond donors (Lipinski definition) is 2. The average Bonchev–Trinajstić information content (AvgIpc) is 2.93. The normalized spacial score (nSPS) is 19.9. The molecule has 1 amide bonds. The van der Waals surface area contributed by atoms with Gasteiger partial charge in [0, 0.05) is 6.42 Å². The van der Waals surface area contributed by atoms with E-state index < -0.39 is 62.8 Å². The lowest BCUT2D eigenvalue weighted by Gasteiger charge is -2.24. The monoisotopic (exact) mass is 432 g/mol. The summed E-state index contributed by atoms with van der Waals surface area (Å²) < 4.78 is 77.5. The van der Waals surface area contributed by atoms with Gasteiger partial charge in [-0.2, -0.15) is 36.7 Å². The topological polar surface area (TPSA) is 77.3 Å². The third-order valence-corrected chi connectivity index (χ3v) is 4.32.